The molecule has 5 nitrogen and oxygen atoms in total. The van der Waals surface area contributed by atoms with Crippen LogP contribution in [0.4, 0.5) is 4.39 Å². The number of halogens is 1. The van der Waals surface area contributed by atoms with Gasteiger partial charge in [0, 0.05) is 25.2 Å². The van der Waals surface area contributed by atoms with Gasteiger partial charge >= 0.3 is 0 Å². The van der Waals surface area contributed by atoms with Crippen molar-refractivity contribution in [2.24, 2.45) is 11.3 Å². The molecule has 3 rings (SSSR count). The first kappa shape index (κ1) is 19.3. The summed E-state index contributed by atoms with van der Waals surface area (Å²) in [7, 11) is 0. The molecule has 144 valence electrons. The minimum Gasteiger partial charge on any atom is -0.338 e. The van der Waals surface area contributed by atoms with Gasteiger partial charge in [0.1, 0.15) is 11.9 Å². The fourth-order valence-corrected chi connectivity index (χ4v) is 4.25. The SMILES string of the molecule is CC1(C)CCCN(C(=O)C2CCCN(C(=O)c3ccc(F)cc3)C2)C1C#N. The molecule has 27 heavy (non-hydrogen) atoms. The van der Waals surface area contributed by atoms with E-state index in [4.69, 9.17) is 0 Å². The number of hydrogen-bond donors (Lipinski definition) is 0. The van der Waals surface area contributed by atoms with Crippen LogP contribution >= 0.6 is 0 Å². The van der Waals surface area contributed by atoms with Crippen LogP contribution in [0.25, 0.3) is 0 Å². The Morgan fingerprint density at radius 3 is 2.56 bits per heavy atom. The third-order valence-electron chi connectivity index (χ3n) is 5.83. The lowest BCUT2D eigenvalue weighted by atomic mass is 9.76. The van der Waals surface area contributed by atoms with E-state index in [-0.39, 0.29) is 29.0 Å². The van der Waals surface area contributed by atoms with Crippen molar-refractivity contribution >= 4 is 11.8 Å². The Labute approximate surface area is 159 Å². The Balaban J connectivity index is 1.72. The first-order valence-electron chi connectivity index (χ1n) is 9.58. The molecule has 0 N–H and O–H groups in total. The summed E-state index contributed by atoms with van der Waals surface area (Å²) in [6.07, 6.45) is 3.29. The number of nitriles is 1. The van der Waals surface area contributed by atoms with Crippen molar-refractivity contribution < 1.29 is 14.0 Å². The van der Waals surface area contributed by atoms with Gasteiger partial charge in [0.15, 0.2) is 0 Å². The van der Waals surface area contributed by atoms with Crippen LogP contribution in [0.15, 0.2) is 24.3 Å². The quantitative estimate of drug-likeness (QED) is 0.802. The van der Waals surface area contributed by atoms with Crippen LogP contribution in [0.5, 0.6) is 0 Å². The van der Waals surface area contributed by atoms with Crippen LogP contribution in [-0.2, 0) is 4.79 Å². The summed E-state index contributed by atoms with van der Waals surface area (Å²) >= 11 is 0. The standard InChI is InChI=1S/C21H26FN3O2/c1-21(2)10-4-12-25(18(21)13-23)20(27)16-5-3-11-24(14-16)19(26)15-6-8-17(22)9-7-15/h6-9,16,18H,3-5,10-12,14H2,1-2H3. The summed E-state index contributed by atoms with van der Waals surface area (Å²) in [5, 5.41) is 9.62. The number of piperidine rings is 2. The van der Waals surface area contributed by atoms with E-state index in [1.54, 1.807) is 9.80 Å². The zero-order valence-electron chi connectivity index (χ0n) is 15.9. The van der Waals surface area contributed by atoms with E-state index in [9.17, 15) is 19.2 Å². The monoisotopic (exact) mass is 371 g/mol. The van der Waals surface area contributed by atoms with Crippen LogP contribution in [0.3, 0.4) is 0 Å². The third kappa shape index (κ3) is 3.97. The van der Waals surface area contributed by atoms with Crippen molar-refractivity contribution in [2.75, 3.05) is 19.6 Å². The number of carbonyl (C=O) groups excluding carboxylic acids is 2. The highest BCUT2D eigenvalue weighted by Gasteiger charge is 2.42. The lowest BCUT2D eigenvalue weighted by Gasteiger charge is -2.45. The summed E-state index contributed by atoms with van der Waals surface area (Å²) < 4.78 is 13.1. The van der Waals surface area contributed by atoms with Crippen LogP contribution in [0.2, 0.25) is 0 Å². The van der Waals surface area contributed by atoms with Crippen molar-refractivity contribution in [3.8, 4) is 6.07 Å². The van der Waals surface area contributed by atoms with E-state index in [1.165, 1.54) is 24.3 Å². The van der Waals surface area contributed by atoms with Crippen LogP contribution in [0.1, 0.15) is 49.9 Å². The van der Waals surface area contributed by atoms with Gasteiger partial charge in [-0.15, -0.1) is 0 Å². The maximum absolute atomic E-state index is 13.1. The van der Waals surface area contributed by atoms with E-state index in [0.29, 0.717) is 25.2 Å². The van der Waals surface area contributed by atoms with E-state index < -0.39 is 6.04 Å². The van der Waals surface area contributed by atoms with E-state index in [2.05, 4.69) is 6.07 Å². The lowest BCUT2D eigenvalue weighted by Crippen LogP contribution is -2.55. The maximum atomic E-state index is 13.1. The number of likely N-dealkylation sites (tertiary alicyclic amines) is 2. The van der Waals surface area contributed by atoms with Crippen LogP contribution < -0.4 is 0 Å². The van der Waals surface area contributed by atoms with Gasteiger partial charge in [-0.2, -0.15) is 5.26 Å². The average molecular weight is 371 g/mol. The molecule has 6 heteroatoms. The third-order valence-corrected chi connectivity index (χ3v) is 5.83. The first-order chi connectivity index (χ1) is 12.8. The Morgan fingerprint density at radius 2 is 1.89 bits per heavy atom. The molecule has 2 amide bonds. The van der Waals surface area contributed by atoms with Crippen molar-refractivity contribution in [1.82, 2.24) is 9.80 Å². The summed E-state index contributed by atoms with van der Waals surface area (Å²) in [6, 6.07) is 7.38. The number of benzene rings is 1. The summed E-state index contributed by atoms with van der Waals surface area (Å²) in [5.74, 6) is -0.865. The molecule has 1 aromatic rings. The molecule has 2 atom stereocenters. The minimum atomic E-state index is -0.429. The Hall–Kier alpha value is -2.42. The Kier molecular flexibility index (Phi) is 5.50. The fourth-order valence-electron chi connectivity index (χ4n) is 4.25. The van der Waals surface area contributed by atoms with Gasteiger partial charge in [0.05, 0.1) is 12.0 Å². The highest BCUT2D eigenvalue weighted by molar-refractivity contribution is 5.94. The molecule has 0 aliphatic carbocycles. The van der Waals surface area contributed by atoms with E-state index >= 15 is 0 Å². The maximum Gasteiger partial charge on any atom is 0.253 e. The molecule has 0 aromatic heterocycles. The van der Waals surface area contributed by atoms with Gasteiger partial charge in [0.25, 0.3) is 5.91 Å². The molecular weight excluding hydrogens is 345 g/mol. The second-order valence-corrected chi connectivity index (χ2v) is 8.25. The molecule has 2 aliphatic rings. The van der Waals surface area contributed by atoms with Gasteiger partial charge in [-0.25, -0.2) is 4.39 Å². The normalized spacial score (nSPS) is 25.0. The van der Waals surface area contributed by atoms with Crippen molar-refractivity contribution in [1.29, 1.82) is 5.26 Å². The highest BCUT2D eigenvalue weighted by atomic mass is 19.1. The molecule has 1 aromatic carbocycles. The smallest absolute Gasteiger partial charge is 0.253 e. The predicted molar refractivity (Wildman–Crippen MR) is 99.2 cm³/mol. The van der Waals surface area contributed by atoms with Crippen molar-refractivity contribution in [2.45, 2.75) is 45.6 Å². The van der Waals surface area contributed by atoms with Crippen molar-refractivity contribution in [3.63, 3.8) is 0 Å². The largest absolute Gasteiger partial charge is 0.338 e. The molecule has 2 saturated heterocycles. The second kappa shape index (κ2) is 7.67. The molecule has 0 radical (unpaired) electrons. The first-order valence-corrected chi connectivity index (χ1v) is 9.58. The molecule has 2 unspecified atom stereocenters. The number of carbonyl (C=O) groups is 2. The summed E-state index contributed by atoms with van der Waals surface area (Å²) in [4.78, 5) is 29.3. The van der Waals surface area contributed by atoms with Gasteiger partial charge in [0.2, 0.25) is 5.91 Å². The predicted octanol–water partition coefficient (Wildman–Crippen LogP) is 3.22. The Morgan fingerprint density at radius 1 is 1.19 bits per heavy atom. The Bertz CT molecular complexity index is 754. The fraction of sp³-hybridized carbons (Fsp3) is 0.571. The molecular formula is C21H26FN3O2. The van der Waals surface area contributed by atoms with E-state index in [0.717, 1.165) is 25.7 Å². The number of nitrogens with zero attached hydrogens (tertiary/aromatic N) is 3. The van der Waals surface area contributed by atoms with Crippen LogP contribution in [-0.4, -0.2) is 47.3 Å². The van der Waals surface area contributed by atoms with Gasteiger partial charge in [-0.3, -0.25) is 9.59 Å². The molecule has 0 saturated carbocycles. The number of amides is 2. The van der Waals surface area contributed by atoms with Gasteiger partial charge < -0.3 is 9.80 Å². The number of hydrogen-bond acceptors (Lipinski definition) is 3. The highest BCUT2D eigenvalue weighted by Crippen LogP contribution is 2.36. The molecule has 2 aliphatic heterocycles. The summed E-state index contributed by atoms with van der Waals surface area (Å²) in [6.45, 7) is 5.61. The number of rotatable bonds is 2. The van der Waals surface area contributed by atoms with Crippen LogP contribution in [0, 0.1) is 28.5 Å². The zero-order chi connectivity index (χ0) is 19.6. The lowest BCUT2D eigenvalue weighted by molar-refractivity contribution is -0.142. The average Bonchev–Trinajstić information content (AvgIpc) is 2.66. The molecule has 2 heterocycles. The topological polar surface area (TPSA) is 64.4 Å². The molecule has 0 spiro atoms. The minimum absolute atomic E-state index is 0.0223. The zero-order valence-corrected chi connectivity index (χ0v) is 15.9. The molecule has 0 bridgehead atoms. The van der Waals surface area contributed by atoms with Gasteiger partial charge in [-0.05, 0) is 55.4 Å². The van der Waals surface area contributed by atoms with E-state index in [1.807, 2.05) is 13.8 Å². The second-order valence-electron chi connectivity index (χ2n) is 8.25. The molecule has 2 fully saturated rings. The van der Waals surface area contributed by atoms with Crippen molar-refractivity contribution in [3.05, 3.63) is 35.6 Å². The van der Waals surface area contributed by atoms with Gasteiger partial charge in [-0.1, -0.05) is 13.8 Å². The summed E-state index contributed by atoms with van der Waals surface area (Å²) in [5.41, 5.74) is 0.208.